The Kier molecular flexibility index (Phi) is 5.81. The molecule has 196 valence electrons. The van der Waals surface area contributed by atoms with Crippen molar-refractivity contribution in [1.82, 2.24) is 0 Å². The normalized spacial score (nSPS) is 17.9. The molecule has 0 aromatic heterocycles. The fraction of sp³-hybridized carbons (Fsp3) is 0.314. The molecule has 38 heavy (non-hydrogen) atoms. The molecule has 0 heterocycles. The van der Waals surface area contributed by atoms with Crippen molar-refractivity contribution in [3.05, 3.63) is 110 Å². The van der Waals surface area contributed by atoms with Gasteiger partial charge in [-0.3, -0.25) is 0 Å². The molecule has 1 aliphatic carbocycles. The van der Waals surface area contributed by atoms with Crippen LogP contribution >= 0.6 is 31.9 Å². The smallest absolute Gasteiger partial charge is 0.0632 e. The van der Waals surface area contributed by atoms with Gasteiger partial charge >= 0.3 is 0 Å². The second-order valence-corrected chi connectivity index (χ2v) is 13.9. The topological polar surface area (TPSA) is 3.24 Å². The SMILES string of the molecule is [2H]c1c([2H])c2c(c([2H])c1-c1c(C)cc(N(c3ccc(Br)cc3)c3ccc(Br)cc3)cc1C)C(C)(C)C(C)(C)C2(C)C. The third-order valence-corrected chi connectivity index (χ3v) is 10.4. The first-order chi connectivity index (χ1) is 19.0. The van der Waals surface area contributed by atoms with E-state index in [9.17, 15) is 4.11 Å². The van der Waals surface area contributed by atoms with Gasteiger partial charge in [-0.2, -0.15) is 0 Å². The zero-order valence-corrected chi connectivity index (χ0v) is 26.6. The second-order valence-electron chi connectivity index (χ2n) is 12.1. The highest BCUT2D eigenvalue weighted by atomic mass is 79.9. The van der Waals surface area contributed by atoms with Crippen LogP contribution in [0.4, 0.5) is 17.1 Å². The van der Waals surface area contributed by atoms with Crippen LogP contribution < -0.4 is 4.90 Å². The summed E-state index contributed by atoms with van der Waals surface area (Å²) in [4.78, 5) is 2.22. The van der Waals surface area contributed by atoms with Gasteiger partial charge in [-0.1, -0.05) is 91.5 Å². The predicted molar refractivity (Wildman–Crippen MR) is 171 cm³/mol. The summed E-state index contributed by atoms with van der Waals surface area (Å²) in [7, 11) is 0. The summed E-state index contributed by atoms with van der Waals surface area (Å²) in [5.41, 5.74) is 7.38. The van der Waals surface area contributed by atoms with Gasteiger partial charge in [0.1, 0.15) is 0 Å². The number of hydrogen-bond acceptors (Lipinski definition) is 1. The Balaban J connectivity index is 1.75. The molecule has 4 aromatic carbocycles. The zero-order chi connectivity index (χ0) is 30.2. The van der Waals surface area contributed by atoms with Crippen LogP contribution in [-0.2, 0) is 10.8 Å². The van der Waals surface area contributed by atoms with Crippen molar-refractivity contribution in [3.63, 3.8) is 0 Å². The Morgan fingerprint density at radius 1 is 0.632 bits per heavy atom. The molecule has 0 saturated carbocycles. The van der Waals surface area contributed by atoms with E-state index >= 15 is 0 Å². The molecule has 5 rings (SSSR count). The largest absolute Gasteiger partial charge is 0.310 e. The molecule has 0 bridgehead atoms. The molecule has 0 amide bonds. The fourth-order valence-electron chi connectivity index (χ4n) is 5.97. The van der Waals surface area contributed by atoms with E-state index in [1.165, 1.54) is 0 Å². The van der Waals surface area contributed by atoms with E-state index in [1.807, 2.05) is 24.3 Å². The van der Waals surface area contributed by atoms with Gasteiger partial charge in [0.05, 0.1) is 4.11 Å². The molecule has 0 spiro atoms. The van der Waals surface area contributed by atoms with Crippen molar-refractivity contribution >= 4 is 48.9 Å². The zero-order valence-electron chi connectivity index (χ0n) is 26.5. The minimum atomic E-state index is -0.336. The quantitative estimate of drug-likeness (QED) is 0.216. The average Bonchev–Trinajstić information content (AvgIpc) is 3.00. The Bertz CT molecular complexity index is 1600. The van der Waals surface area contributed by atoms with Crippen LogP contribution in [0.1, 0.15) is 67.9 Å². The van der Waals surface area contributed by atoms with Gasteiger partial charge in [0, 0.05) is 26.0 Å². The highest BCUT2D eigenvalue weighted by molar-refractivity contribution is 9.10. The summed E-state index contributed by atoms with van der Waals surface area (Å²) < 4.78 is 29.9. The number of rotatable bonds is 4. The van der Waals surface area contributed by atoms with Gasteiger partial charge in [-0.25, -0.2) is 0 Å². The van der Waals surface area contributed by atoms with Gasteiger partial charge in [0.15, 0.2) is 0 Å². The molecule has 0 unspecified atom stereocenters. The van der Waals surface area contributed by atoms with Crippen molar-refractivity contribution in [3.8, 4) is 11.1 Å². The minimum absolute atomic E-state index is 0.145. The molecule has 0 aliphatic heterocycles. The first-order valence-electron chi connectivity index (χ1n) is 14.6. The number of nitrogens with zero attached hydrogens (tertiary/aromatic N) is 1. The summed E-state index contributed by atoms with van der Waals surface area (Å²) in [6, 6.07) is 21.6. The average molecular weight is 635 g/mol. The highest BCUT2D eigenvalue weighted by Gasteiger charge is 2.56. The van der Waals surface area contributed by atoms with E-state index < -0.39 is 0 Å². The van der Waals surface area contributed by atoms with Crippen LogP contribution in [-0.4, -0.2) is 0 Å². The standard InChI is InChI=1S/C35H37Br2N/c1-22-19-29(38(27-14-10-25(36)11-15-27)28-16-12-26(37)13-17-28)20-23(2)32(22)24-9-18-30-31(21-24)34(5,6)35(7,8)33(30,3)4/h9-21H,1-8H3/i9D,18D,21D. The number of halogens is 2. The number of benzene rings is 4. The van der Waals surface area contributed by atoms with Gasteiger partial charge in [0.25, 0.3) is 0 Å². The monoisotopic (exact) mass is 632 g/mol. The lowest BCUT2D eigenvalue weighted by molar-refractivity contribution is 0.125. The number of hydrogen-bond donors (Lipinski definition) is 0. The van der Waals surface area contributed by atoms with E-state index in [-0.39, 0.29) is 28.3 Å². The molecule has 3 heteroatoms. The Morgan fingerprint density at radius 3 is 1.55 bits per heavy atom. The maximum absolute atomic E-state index is 9.53. The van der Waals surface area contributed by atoms with Crippen LogP contribution in [0.5, 0.6) is 0 Å². The molecule has 0 fully saturated rings. The Morgan fingerprint density at radius 2 is 1.08 bits per heavy atom. The van der Waals surface area contributed by atoms with Gasteiger partial charge in [0.2, 0.25) is 0 Å². The Labute approximate surface area is 249 Å². The summed E-state index contributed by atoms with van der Waals surface area (Å²) in [5.74, 6) is 0. The van der Waals surface area contributed by atoms with Crippen LogP contribution in [0.2, 0.25) is 0 Å². The molecule has 0 saturated heterocycles. The predicted octanol–water partition coefficient (Wildman–Crippen LogP) is 11.6. The molecule has 4 aromatic rings. The summed E-state index contributed by atoms with van der Waals surface area (Å²) in [6.07, 6.45) is 0. The van der Waals surface area contributed by atoms with Crippen molar-refractivity contribution < 1.29 is 4.11 Å². The van der Waals surface area contributed by atoms with Crippen LogP contribution in [0.25, 0.3) is 11.1 Å². The maximum atomic E-state index is 9.53. The maximum Gasteiger partial charge on any atom is 0.0632 e. The lowest BCUT2D eigenvalue weighted by Crippen LogP contribution is -2.42. The van der Waals surface area contributed by atoms with Crippen LogP contribution in [0.3, 0.4) is 0 Å². The van der Waals surface area contributed by atoms with Crippen molar-refractivity contribution in [2.75, 3.05) is 4.90 Å². The van der Waals surface area contributed by atoms with Crippen LogP contribution in [0, 0.1) is 19.3 Å². The van der Waals surface area contributed by atoms with Crippen molar-refractivity contribution in [2.24, 2.45) is 5.41 Å². The lowest BCUT2D eigenvalue weighted by atomic mass is 9.59. The lowest BCUT2D eigenvalue weighted by Gasteiger charge is -2.44. The fourth-order valence-corrected chi connectivity index (χ4v) is 6.50. The molecule has 1 aliphatic rings. The van der Waals surface area contributed by atoms with Crippen molar-refractivity contribution in [1.29, 1.82) is 0 Å². The van der Waals surface area contributed by atoms with E-state index in [0.29, 0.717) is 11.6 Å². The Hall–Kier alpha value is -2.36. The molecular weight excluding hydrogens is 594 g/mol. The molecular formula is C35H37Br2N. The second kappa shape index (κ2) is 9.38. The number of anilines is 3. The number of fused-ring (bicyclic) bond motifs is 1. The number of aryl methyl sites for hydroxylation is 2. The third kappa shape index (κ3) is 4.18. The minimum Gasteiger partial charge on any atom is -0.310 e. The molecule has 0 atom stereocenters. The first-order valence-corrected chi connectivity index (χ1v) is 14.7. The summed E-state index contributed by atoms with van der Waals surface area (Å²) in [6.45, 7) is 17.3. The third-order valence-electron chi connectivity index (χ3n) is 9.38. The van der Waals surface area contributed by atoms with Gasteiger partial charge in [-0.05, 0) is 124 Å². The van der Waals surface area contributed by atoms with Crippen LogP contribution in [0.15, 0.2) is 87.7 Å². The molecule has 0 N–H and O–H groups in total. The van der Waals surface area contributed by atoms with E-state index in [0.717, 1.165) is 53.8 Å². The van der Waals surface area contributed by atoms with Gasteiger partial charge < -0.3 is 4.90 Å². The first kappa shape index (κ1) is 23.5. The van der Waals surface area contributed by atoms with E-state index in [2.05, 4.69) is 129 Å². The molecule has 0 radical (unpaired) electrons. The summed E-state index contributed by atoms with van der Waals surface area (Å²) >= 11 is 7.12. The molecule has 1 nitrogen and oxygen atoms in total. The highest BCUT2D eigenvalue weighted by Crippen LogP contribution is 2.61. The summed E-state index contributed by atoms with van der Waals surface area (Å²) in [5, 5.41) is 0. The van der Waals surface area contributed by atoms with Gasteiger partial charge in [-0.15, -0.1) is 0 Å². The van der Waals surface area contributed by atoms with E-state index in [4.69, 9.17) is 0 Å². The van der Waals surface area contributed by atoms with Crippen molar-refractivity contribution in [2.45, 2.75) is 66.2 Å². The van der Waals surface area contributed by atoms with E-state index in [1.54, 1.807) is 0 Å².